The number of benzene rings is 1. The van der Waals surface area contributed by atoms with Crippen LogP contribution in [0.3, 0.4) is 0 Å². The molecule has 1 atom stereocenters. The Morgan fingerprint density at radius 2 is 1.84 bits per heavy atom. The number of amides is 1. The zero-order valence-electron chi connectivity index (χ0n) is 14.4. The Morgan fingerprint density at radius 1 is 1.12 bits per heavy atom. The van der Waals surface area contributed by atoms with Crippen molar-refractivity contribution in [1.29, 1.82) is 0 Å². The molecule has 0 spiro atoms. The van der Waals surface area contributed by atoms with Crippen LogP contribution in [-0.2, 0) is 12.8 Å². The van der Waals surface area contributed by atoms with Crippen molar-refractivity contribution < 1.29 is 4.79 Å². The van der Waals surface area contributed by atoms with Crippen LogP contribution >= 0.6 is 11.3 Å². The van der Waals surface area contributed by atoms with E-state index in [1.165, 1.54) is 16.9 Å². The topological polar surface area (TPSA) is 54.9 Å². The van der Waals surface area contributed by atoms with Crippen molar-refractivity contribution in [3.63, 3.8) is 0 Å². The predicted molar refractivity (Wildman–Crippen MR) is 101 cm³/mol. The van der Waals surface area contributed by atoms with Gasteiger partial charge in [-0.3, -0.25) is 9.78 Å². The van der Waals surface area contributed by atoms with Crippen molar-refractivity contribution in [3.05, 3.63) is 81.6 Å². The Kier molecular flexibility index (Phi) is 5.56. The number of carbonyl (C=O) groups excluding carboxylic acids is 1. The second kappa shape index (κ2) is 8.03. The second-order valence-electron chi connectivity index (χ2n) is 5.98. The highest BCUT2D eigenvalue weighted by molar-refractivity contribution is 7.13. The summed E-state index contributed by atoms with van der Waals surface area (Å²) in [6.45, 7) is 3.89. The van der Waals surface area contributed by atoms with Gasteiger partial charge in [0.1, 0.15) is 4.88 Å². The molecule has 0 saturated carbocycles. The van der Waals surface area contributed by atoms with E-state index < -0.39 is 0 Å². The van der Waals surface area contributed by atoms with Crippen molar-refractivity contribution in [2.24, 2.45) is 0 Å². The number of hydrogen-bond acceptors (Lipinski definition) is 4. The molecular weight excluding hydrogens is 330 g/mol. The Bertz CT molecular complexity index is 831. The van der Waals surface area contributed by atoms with E-state index in [1.807, 2.05) is 56.3 Å². The SMILES string of the molecule is Cc1nc(CCc2ccncc2)sc1C(=O)NC(C)c1ccccc1. The first-order chi connectivity index (χ1) is 12.1. The molecule has 128 valence electrons. The van der Waals surface area contributed by atoms with Crippen molar-refractivity contribution in [1.82, 2.24) is 15.3 Å². The summed E-state index contributed by atoms with van der Waals surface area (Å²) in [5.74, 6) is -0.0542. The fourth-order valence-corrected chi connectivity index (χ4v) is 3.63. The van der Waals surface area contributed by atoms with Gasteiger partial charge in [0.25, 0.3) is 5.91 Å². The molecule has 1 aromatic carbocycles. The summed E-state index contributed by atoms with van der Waals surface area (Å²) in [6.07, 6.45) is 5.33. The van der Waals surface area contributed by atoms with Crippen LogP contribution in [0.25, 0.3) is 0 Å². The van der Waals surface area contributed by atoms with Gasteiger partial charge in [-0.05, 0) is 43.5 Å². The number of aryl methyl sites for hydroxylation is 3. The van der Waals surface area contributed by atoms with E-state index in [0.717, 1.165) is 29.1 Å². The molecule has 2 aromatic heterocycles. The molecule has 0 aliphatic heterocycles. The van der Waals surface area contributed by atoms with E-state index in [0.29, 0.717) is 4.88 Å². The number of pyridine rings is 1. The number of hydrogen-bond donors (Lipinski definition) is 1. The minimum atomic E-state index is -0.0542. The normalized spacial score (nSPS) is 11.9. The lowest BCUT2D eigenvalue weighted by Gasteiger charge is -2.13. The molecule has 0 aliphatic carbocycles. The average molecular weight is 351 g/mol. The highest BCUT2D eigenvalue weighted by Gasteiger charge is 2.17. The van der Waals surface area contributed by atoms with Crippen molar-refractivity contribution in [2.75, 3.05) is 0 Å². The highest BCUT2D eigenvalue weighted by Crippen LogP contribution is 2.21. The molecule has 5 heteroatoms. The maximum absolute atomic E-state index is 12.6. The first kappa shape index (κ1) is 17.3. The highest BCUT2D eigenvalue weighted by atomic mass is 32.1. The van der Waals surface area contributed by atoms with Gasteiger partial charge in [-0.25, -0.2) is 4.98 Å². The minimum Gasteiger partial charge on any atom is -0.345 e. The third-order valence-corrected chi connectivity index (χ3v) is 5.29. The molecule has 25 heavy (non-hydrogen) atoms. The average Bonchev–Trinajstić information content (AvgIpc) is 3.02. The molecule has 2 heterocycles. The Labute approximate surface area is 152 Å². The third-order valence-electron chi connectivity index (χ3n) is 4.07. The van der Waals surface area contributed by atoms with Crippen LogP contribution in [0, 0.1) is 6.92 Å². The van der Waals surface area contributed by atoms with E-state index in [4.69, 9.17) is 0 Å². The van der Waals surface area contributed by atoms with E-state index in [-0.39, 0.29) is 11.9 Å². The lowest BCUT2D eigenvalue weighted by atomic mass is 10.1. The van der Waals surface area contributed by atoms with Crippen LogP contribution in [-0.4, -0.2) is 15.9 Å². The molecular formula is C20H21N3OS. The third kappa shape index (κ3) is 4.51. The van der Waals surface area contributed by atoms with Gasteiger partial charge in [0, 0.05) is 18.8 Å². The number of nitrogens with one attached hydrogen (secondary N) is 1. The summed E-state index contributed by atoms with van der Waals surface area (Å²) < 4.78 is 0. The van der Waals surface area contributed by atoms with Gasteiger partial charge in [-0.2, -0.15) is 0 Å². The maximum Gasteiger partial charge on any atom is 0.263 e. The summed E-state index contributed by atoms with van der Waals surface area (Å²) in [5, 5.41) is 4.06. The molecule has 1 amide bonds. The van der Waals surface area contributed by atoms with Crippen molar-refractivity contribution in [3.8, 4) is 0 Å². The fourth-order valence-electron chi connectivity index (χ4n) is 2.66. The Balaban J connectivity index is 1.64. The van der Waals surface area contributed by atoms with E-state index in [1.54, 1.807) is 12.4 Å². The van der Waals surface area contributed by atoms with Gasteiger partial charge in [0.05, 0.1) is 16.7 Å². The lowest BCUT2D eigenvalue weighted by Crippen LogP contribution is -2.26. The molecule has 0 fully saturated rings. The standard InChI is InChI=1S/C20H21N3OS/c1-14(17-6-4-3-5-7-17)23-20(24)19-15(2)22-18(25-19)9-8-16-10-12-21-13-11-16/h3-7,10-14H,8-9H2,1-2H3,(H,23,24). The largest absolute Gasteiger partial charge is 0.345 e. The van der Waals surface area contributed by atoms with Gasteiger partial charge in [-0.1, -0.05) is 30.3 Å². The van der Waals surface area contributed by atoms with Crippen LogP contribution in [0.15, 0.2) is 54.9 Å². The molecule has 0 aliphatic rings. The van der Waals surface area contributed by atoms with Crippen LogP contribution in [0.1, 0.15) is 44.5 Å². The predicted octanol–water partition coefficient (Wildman–Crippen LogP) is 4.12. The molecule has 1 N–H and O–H groups in total. The quantitative estimate of drug-likeness (QED) is 0.727. The second-order valence-corrected chi connectivity index (χ2v) is 7.07. The monoisotopic (exact) mass is 351 g/mol. The zero-order chi connectivity index (χ0) is 17.6. The van der Waals surface area contributed by atoms with Gasteiger partial charge in [-0.15, -0.1) is 11.3 Å². The first-order valence-electron chi connectivity index (χ1n) is 8.34. The number of thiazole rings is 1. The van der Waals surface area contributed by atoms with Crippen molar-refractivity contribution >= 4 is 17.2 Å². The molecule has 0 bridgehead atoms. The molecule has 3 aromatic rings. The minimum absolute atomic E-state index is 0.0320. The molecule has 0 saturated heterocycles. The van der Waals surface area contributed by atoms with Crippen LogP contribution < -0.4 is 5.32 Å². The van der Waals surface area contributed by atoms with Gasteiger partial charge >= 0.3 is 0 Å². The zero-order valence-corrected chi connectivity index (χ0v) is 15.2. The molecule has 0 radical (unpaired) electrons. The van der Waals surface area contributed by atoms with Crippen LogP contribution in [0.2, 0.25) is 0 Å². The summed E-state index contributed by atoms with van der Waals surface area (Å²) in [4.78, 5) is 21.9. The van der Waals surface area contributed by atoms with Gasteiger partial charge in [0.2, 0.25) is 0 Å². The maximum atomic E-state index is 12.6. The summed E-state index contributed by atoms with van der Waals surface area (Å²) in [5.41, 5.74) is 3.12. The van der Waals surface area contributed by atoms with Crippen LogP contribution in [0.5, 0.6) is 0 Å². The summed E-state index contributed by atoms with van der Waals surface area (Å²) in [7, 11) is 0. The summed E-state index contributed by atoms with van der Waals surface area (Å²) >= 11 is 1.49. The van der Waals surface area contributed by atoms with E-state index in [9.17, 15) is 4.79 Å². The number of rotatable bonds is 6. The smallest absolute Gasteiger partial charge is 0.263 e. The molecule has 3 rings (SSSR count). The Morgan fingerprint density at radius 3 is 2.56 bits per heavy atom. The lowest BCUT2D eigenvalue weighted by molar-refractivity contribution is 0.0943. The summed E-state index contributed by atoms with van der Waals surface area (Å²) in [6, 6.07) is 14.0. The van der Waals surface area contributed by atoms with Gasteiger partial charge in [0.15, 0.2) is 0 Å². The molecule has 4 nitrogen and oxygen atoms in total. The number of carbonyl (C=O) groups is 1. The van der Waals surface area contributed by atoms with Gasteiger partial charge < -0.3 is 5.32 Å². The van der Waals surface area contributed by atoms with E-state index >= 15 is 0 Å². The first-order valence-corrected chi connectivity index (χ1v) is 9.16. The van der Waals surface area contributed by atoms with Crippen molar-refractivity contribution in [2.45, 2.75) is 32.7 Å². The van der Waals surface area contributed by atoms with Crippen LogP contribution in [0.4, 0.5) is 0 Å². The number of aromatic nitrogens is 2. The Hall–Kier alpha value is -2.53. The fraction of sp³-hybridized carbons (Fsp3) is 0.250. The molecule has 1 unspecified atom stereocenters. The number of nitrogens with zero attached hydrogens (tertiary/aromatic N) is 2. The van der Waals surface area contributed by atoms with E-state index in [2.05, 4.69) is 15.3 Å².